The number of nitrogens with one attached hydrogen (secondary N) is 1. The number of amides is 2. The molecule has 7 heteroatoms. The summed E-state index contributed by atoms with van der Waals surface area (Å²) in [6.07, 6.45) is 8.44. The molecule has 184 valence electrons. The van der Waals surface area contributed by atoms with Crippen molar-refractivity contribution >= 4 is 23.2 Å². The van der Waals surface area contributed by atoms with E-state index in [1.807, 2.05) is 27.3 Å². The van der Waals surface area contributed by atoms with E-state index in [-0.39, 0.29) is 23.9 Å². The van der Waals surface area contributed by atoms with Crippen LogP contribution in [0.3, 0.4) is 0 Å². The molecule has 2 saturated heterocycles. The average Bonchev–Trinajstić information content (AvgIpc) is 3.43. The molecule has 3 heterocycles. The number of carbonyl (C=O) groups excluding carboxylic acids is 2. The minimum atomic E-state index is -0.344. The Hall–Kier alpha value is -1.44. The summed E-state index contributed by atoms with van der Waals surface area (Å²) >= 11 is 1.48. The largest absolute Gasteiger partial charge is 0.340 e. The van der Waals surface area contributed by atoms with Gasteiger partial charge in [0.25, 0.3) is 5.91 Å². The lowest BCUT2D eigenvalue weighted by Gasteiger charge is -2.35. The van der Waals surface area contributed by atoms with E-state index in [0.717, 1.165) is 62.9 Å². The molecule has 0 bridgehead atoms. The average molecular weight is 475 g/mol. The first-order valence-electron chi connectivity index (χ1n) is 13.1. The van der Waals surface area contributed by atoms with Crippen molar-refractivity contribution in [2.45, 2.75) is 70.9 Å². The van der Waals surface area contributed by atoms with Crippen molar-refractivity contribution in [3.05, 3.63) is 22.4 Å². The molecule has 0 spiro atoms. The first kappa shape index (κ1) is 24.7. The Labute approximate surface area is 203 Å². The Morgan fingerprint density at radius 3 is 2.70 bits per heavy atom. The van der Waals surface area contributed by atoms with Gasteiger partial charge in [-0.25, -0.2) is 0 Å². The maximum Gasteiger partial charge on any atom is 0.264 e. The second-order valence-electron chi connectivity index (χ2n) is 10.6. The zero-order valence-electron chi connectivity index (χ0n) is 20.5. The molecule has 4 rings (SSSR count). The summed E-state index contributed by atoms with van der Waals surface area (Å²) in [7, 11) is 0. The van der Waals surface area contributed by atoms with Crippen LogP contribution in [-0.4, -0.2) is 84.4 Å². The lowest BCUT2D eigenvalue weighted by Crippen LogP contribution is -2.48. The van der Waals surface area contributed by atoms with Gasteiger partial charge in [-0.1, -0.05) is 39.2 Å². The van der Waals surface area contributed by atoms with Gasteiger partial charge < -0.3 is 15.1 Å². The third kappa shape index (κ3) is 6.37. The van der Waals surface area contributed by atoms with Crippen LogP contribution in [0.2, 0.25) is 0 Å². The van der Waals surface area contributed by atoms with Crippen LogP contribution in [0.15, 0.2) is 17.5 Å². The molecule has 1 saturated carbocycles. The van der Waals surface area contributed by atoms with E-state index in [1.165, 1.54) is 43.4 Å². The molecule has 2 amide bonds. The fourth-order valence-electron chi connectivity index (χ4n) is 5.90. The van der Waals surface area contributed by atoms with E-state index in [1.54, 1.807) is 0 Å². The highest BCUT2D eigenvalue weighted by molar-refractivity contribution is 7.12. The number of nitrogens with zero attached hydrogens (tertiary/aromatic N) is 3. The summed E-state index contributed by atoms with van der Waals surface area (Å²) in [5.74, 6) is 1.50. The van der Waals surface area contributed by atoms with E-state index in [4.69, 9.17) is 0 Å². The van der Waals surface area contributed by atoms with Gasteiger partial charge in [0.05, 0.1) is 4.88 Å². The van der Waals surface area contributed by atoms with E-state index in [9.17, 15) is 9.59 Å². The molecule has 2 aliphatic heterocycles. The third-order valence-electron chi connectivity index (χ3n) is 7.54. The van der Waals surface area contributed by atoms with Gasteiger partial charge in [-0.3, -0.25) is 14.5 Å². The lowest BCUT2D eigenvalue weighted by molar-refractivity contribution is -0.135. The maximum absolute atomic E-state index is 13.7. The standard InChI is InChI=1S/C26H42N4O2S/c1-20(2)17-29(18-21-8-4-3-5-9-21)22-16-23(25(31)28-13-7-11-27-12-14-28)30(19-22)26(32)24-10-6-15-33-24/h6,10,15,20-23,27H,3-5,7-9,11-14,16-19H2,1-2H3. The summed E-state index contributed by atoms with van der Waals surface area (Å²) in [5, 5.41) is 5.34. The summed E-state index contributed by atoms with van der Waals surface area (Å²) in [6.45, 7) is 10.7. The van der Waals surface area contributed by atoms with E-state index in [0.29, 0.717) is 12.5 Å². The van der Waals surface area contributed by atoms with Gasteiger partial charge in [0.1, 0.15) is 6.04 Å². The van der Waals surface area contributed by atoms with Crippen LogP contribution < -0.4 is 5.32 Å². The minimum absolute atomic E-state index is 0.0287. The van der Waals surface area contributed by atoms with Crippen LogP contribution >= 0.6 is 11.3 Å². The SMILES string of the molecule is CC(C)CN(CC1CCCCC1)C1CC(C(=O)N2CCCNCC2)N(C(=O)c2cccs2)C1. The molecular formula is C26H42N4O2S. The lowest BCUT2D eigenvalue weighted by atomic mass is 9.88. The Morgan fingerprint density at radius 2 is 1.97 bits per heavy atom. The molecule has 33 heavy (non-hydrogen) atoms. The van der Waals surface area contributed by atoms with Crippen LogP contribution in [0.25, 0.3) is 0 Å². The van der Waals surface area contributed by atoms with Crippen molar-refractivity contribution in [1.29, 1.82) is 0 Å². The number of hydrogen-bond donors (Lipinski definition) is 1. The normalized spacial score (nSPS) is 25.1. The molecule has 1 aliphatic carbocycles. The number of hydrogen-bond acceptors (Lipinski definition) is 5. The van der Waals surface area contributed by atoms with Crippen molar-refractivity contribution in [2.24, 2.45) is 11.8 Å². The Kier molecular flexibility index (Phi) is 8.83. The summed E-state index contributed by atoms with van der Waals surface area (Å²) in [6, 6.07) is 3.74. The van der Waals surface area contributed by atoms with E-state index < -0.39 is 0 Å². The molecule has 6 nitrogen and oxygen atoms in total. The fraction of sp³-hybridized carbons (Fsp3) is 0.769. The van der Waals surface area contributed by atoms with Gasteiger partial charge in [0.2, 0.25) is 5.91 Å². The van der Waals surface area contributed by atoms with Crippen molar-refractivity contribution < 1.29 is 9.59 Å². The molecule has 1 aromatic rings. The first-order valence-corrected chi connectivity index (χ1v) is 14.0. The minimum Gasteiger partial charge on any atom is -0.340 e. The summed E-state index contributed by atoms with van der Waals surface area (Å²) in [5.41, 5.74) is 0. The highest BCUT2D eigenvalue weighted by Crippen LogP contribution is 2.31. The second-order valence-corrected chi connectivity index (χ2v) is 11.6. The quantitative estimate of drug-likeness (QED) is 0.655. The van der Waals surface area contributed by atoms with Gasteiger partial charge in [-0.15, -0.1) is 11.3 Å². The van der Waals surface area contributed by atoms with Crippen LogP contribution in [0.5, 0.6) is 0 Å². The van der Waals surface area contributed by atoms with Crippen molar-refractivity contribution in [3.8, 4) is 0 Å². The number of thiophene rings is 1. The van der Waals surface area contributed by atoms with Gasteiger partial charge >= 0.3 is 0 Å². The topological polar surface area (TPSA) is 55.9 Å². The molecule has 1 N–H and O–H groups in total. The molecule has 0 radical (unpaired) electrons. The Morgan fingerprint density at radius 1 is 1.15 bits per heavy atom. The first-order chi connectivity index (χ1) is 16.0. The van der Waals surface area contributed by atoms with E-state index >= 15 is 0 Å². The van der Waals surface area contributed by atoms with E-state index in [2.05, 4.69) is 24.1 Å². The second kappa shape index (κ2) is 11.8. The summed E-state index contributed by atoms with van der Waals surface area (Å²) < 4.78 is 0. The number of rotatable bonds is 7. The maximum atomic E-state index is 13.7. The van der Waals surface area contributed by atoms with Crippen LogP contribution in [0.4, 0.5) is 0 Å². The number of likely N-dealkylation sites (tertiary alicyclic amines) is 1. The van der Waals surface area contributed by atoms with Gasteiger partial charge in [-0.2, -0.15) is 0 Å². The monoisotopic (exact) mass is 474 g/mol. The van der Waals surface area contributed by atoms with Gasteiger partial charge in [-0.05, 0) is 55.5 Å². The third-order valence-corrected chi connectivity index (χ3v) is 8.40. The van der Waals surface area contributed by atoms with Crippen LogP contribution in [0.1, 0.15) is 68.5 Å². The van der Waals surface area contributed by atoms with Gasteiger partial charge in [0.15, 0.2) is 0 Å². The summed E-state index contributed by atoms with van der Waals surface area (Å²) in [4.78, 5) is 34.5. The number of carbonyl (C=O) groups is 2. The fourth-order valence-corrected chi connectivity index (χ4v) is 6.58. The molecule has 3 fully saturated rings. The zero-order chi connectivity index (χ0) is 23.2. The zero-order valence-corrected chi connectivity index (χ0v) is 21.3. The van der Waals surface area contributed by atoms with Crippen LogP contribution in [0, 0.1) is 11.8 Å². The predicted molar refractivity (Wildman–Crippen MR) is 135 cm³/mol. The molecule has 1 aromatic heterocycles. The molecule has 3 aliphatic rings. The molecule has 2 atom stereocenters. The predicted octanol–water partition coefficient (Wildman–Crippen LogP) is 3.69. The van der Waals surface area contributed by atoms with Crippen molar-refractivity contribution in [3.63, 3.8) is 0 Å². The Bertz CT molecular complexity index is 754. The Balaban J connectivity index is 1.53. The van der Waals surface area contributed by atoms with Crippen molar-refractivity contribution in [2.75, 3.05) is 45.8 Å². The molecule has 0 aromatic carbocycles. The molecular weight excluding hydrogens is 432 g/mol. The van der Waals surface area contributed by atoms with Gasteiger partial charge in [0, 0.05) is 45.3 Å². The highest BCUT2D eigenvalue weighted by Gasteiger charge is 2.44. The van der Waals surface area contributed by atoms with Crippen molar-refractivity contribution in [1.82, 2.24) is 20.0 Å². The molecule has 2 unspecified atom stereocenters. The smallest absolute Gasteiger partial charge is 0.264 e. The highest BCUT2D eigenvalue weighted by atomic mass is 32.1. The van der Waals surface area contributed by atoms with Crippen LogP contribution in [-0.2, 0) is 4.79 Å².